The molecule has 0 amide bonds. The summed E-state index contributed by atoms with van der Waals surface area (Å²) >= 11 is 0. The highest BCUT2D eigenvalue weighted by Crippen LogP contribution is 2.24. The van der Waals surface area contributed by atoms with Crippen LogP contribution in [0, 0.1) is 0 Å². The highest BCUT2D eigenvalue weighted by atomic mass is 35.5. The zero-order chi connectivity index (χ0) is 15.2. The lowest BCUT2D eigenvalue weighted by atomic mass is 9.95. The van der Waals surface area contributed by atoms with Crippen LogP contribution in [-0.2, 0) is 0 Å². The van der Waals surface area contributed by atoms with Crippen molar-refractivity contribution in [3.05, 3.63) is 60.2 Å². The molecule has 124 valence electrons. The molecule has 1 fully saturated rings. The number of hydrogen-bond acceptors (Lipinski definition) is 1. The van der Waals surface area contributed by atoms with Gasteiger partial charge in [-0.05, 0) is 61.5 Å². The van der Waals surface area contributed by atoms with Crippen LogP contribution in [0.25, 0.3) is 11.1 Å². The fourth-order valence-electron chi connectivity index (χ4n) is 3.36. The molecule has 3 rings (SSSR count). The Balaban J connectivity index is 0.00000192. The molecule has 0 aromatic heterocycles. The summed E-state index contributed by atoms with van der Waals surface area (Å²) in [6.07, 6.45) is 5.47. The number of piperidine rings is 1. The molecule has 1 atom stereocenters. The minimum Gasteiger partial charge on any atom is -0.303 e. The summed E-state index contributed by atoms with van der Waals surface area (Å²) < 4.78 is 0. The highest BCUT2D eigenvalue weighted by Gasteiger charge is 2.12. The molecule has 1 unspecified atom stereocenters. The first-order chi connectivity index (χ1) is 10.8. The Bertz CT molecular complexity index is 558. The van der Waals surface area contributed by atoms with Crippen molar-refractivity contribution >= 4 is 12.4 Å². The first-order valence-electron chi connectivity index (χ1n) is 8.71. The van der Waals surface area contributed by atoms with Gasteiger partial charge in [-0.3, -0.25) is 0 Å². The van der Waals surface area contributed by atoms with Gasteiger partial charge < -0.3 is 4.90 Å². The molecule has 2 aromatic rings. The second-order valence-corrected chi connectivity index (χ2v) is 6.58. The Morgan fingerprint density at radius 3 is 2.09 bits per heavy atom. The zero-order valence-electron chi connectivity index (χ0n) is 14.1. The predicted octanol–water partition coefficient (Wildman–Crippen LogP) is 5.75. The average Bonchev–Trinajstić information content (AvgIpc) is 2.61. The van der Waals surface area contributed by atoms with E-state index in [2.05, 4.69) is 66.4 Å². The molecule has 0 spiro atoms. The fraction of sp³-hybridized carbons (Fsp3) is 0.429. The van der Waals surface area contributed by atoms with Crippen molar-refractivity contribution in [1.82, 2.24) is 4.90 Å². The van der Waals surface area contributed by atoms with Crippen LogP contribution in [-0.4, -0.2) is 24.5 Å². The molecule has 0 radical (unpaired) electrons. The normalized spacial score (nSPS) is 16.6. The molecule has 1 aliphatic heterocycles. The van der Waals surface area contributed by atoms with E-state index in [1.165, 1.54) is 62.0 Å². The van der Waals surface area contributed by atoms with Gasteiger partial charge in [0.2, 0.25) is 0 Å². The van der Waals surface area contributed by atoms with Gasteiger partial charge in [-0.2, -0.15) is 0 Å². The van der Waals surface area contributed by atoms with Crippen molar-refractivity contribution in [1.29, 1.82) is 0 Å². The van der Waals surface area contributed by atoms with Gasteiger partial charge in [0, 0.05) is 0 Å². The van der Waals surface area contributed by atoms with Gasteiger partial charge in [0.05, 0.1) is 0 Å². The molecule has 0 saturated carbocycles. The van der Waals surface area contributed by atoms with E-state index < -0.39 is 0 Å². The molecule has 1 heterocycles. The summed E-state index contributed by atoms with van der Waals surface area (Å²) in [5.74, 6) is 0.645. The van der Waals surface area contributed by atoms with Crippen molar-refractivity contribution in [3.63, 3.8) is 0 Å². The maximum atomic E-state index is 2.64. The third-order valence-corrected chi connectivity index (χ3v) is 4.91. The van der Waals surface area contributed by atoms with Crippen molar-refractivity contribution in [2.24, 2.45) is 0 Å². The lowest BCUT2D eigenvalue weighted by molar-refractivity contribution is 0.222. The highest BCUT2D eigenvalue weighted by molar-refractivity contribution is 5.85. The van der Waals surface area contributed by atoms with E-state index >= 15 is 0 Å². The zero-order valence-corrected chi connectivity index (χ0v) is 14.9. The summed E-state index contributed by atoms with van der Waals surface area (Å²) in [5, 5.41) is 0. The Morgan fingerprint density at radius 1 is 0.826 bits per heavy atom. The molecular formula is C21H28ClN. The maximum Gasteiger partial charge on any atom is -0.00130 e. The van der Waals surface area contributed by atoms with Crippen molar-refractivity contribution in [3.8, 4) is 11.1 Å². The van der Waals surface area contributed by atoms with Gasteiger partial charge in [0.15, 0.2) is 0 Å². The first-order valence-corrected chi connectivity index (χ1v) is 8.71. The molecule has 2 aromatic carbocycles. The SMILES string of the molecule is CC(CCN1CCCCC1)c1ccc(-c2ccccc2)cc1.Cl. The van der Waals surface area contributed by atoms with E-state index in [0.717, 1.165) is 0 Å². The first kappa shape index (κ1) is 18.0. The lowest BCUT2D eigenvalue weighted by Gasteiger charge is -2.27. The number of nitrogens with zero attached hydrogens (tertiary/aromatic N) is 1. The predicted molar refractivity (Wildman–Crippen MR) is 102 cm³/mol. The maximum absolute atomic E-state index is 2.64. The summed E-state index contributed by atoms with van der Waals surface area (Å²) in [4.78, 5) is 2.64. The van der Waals surface area contributed by atoms with Crippen molar-refractivity contribution in [2.45, 2.75) is 38.5 Å². The Labute approximate surface area is 147 Å². The van der Waals surface area contributed by atoms with Crippen LogP contribution >= 0.6 is 12.4 Å². The minimum absolute atomic E-state index is 0. The molecule has 0 N–H and O–H groups in total. The summed E-state index contributed by atoms with van der Waals surface area (Å²) in [7, 11) is 0. The number of rotatable bonds is 5. The fourth-order valence-corrected chi connectivity index (χ4v) is 3.36. The number of likely N-dealkylation sites (tertiary alicyclic amines) is 1. The van der Waals surface area contributed by atoms with Crippen LogP contribution in [0.1, 0.15) is 44.1 Å². The summed E-state index contributed by atoms with van der Waals surface area (Å²) in [6, 6.07) is 19.8. The van der Waals surface area contributed by atoms with Crippen LogP contribution in [0.15, 0.2) is 54.6 Å². The lowest BCUT2D eigenvalue weighted by Crippen LogP contribution is -2.31. The molecule has 0 bridgehead atoms. The van der Waals surface area contributed by atoms with Crippen LogP contribution in [0.2, 0.25) is 0 Å². The van der Waals surface area contributed by atoms with Gasteiger partial charge >= 0.3 is 0 Å². The van der Waals surface area contributed by atoms with E-state index in [9.17, 15) is 0 Å². The van der Waals surface area contributed by atoms with Crippen LogP contribution in [0.3, 0.4) is 0 Å². The second kappa shape index (κ2) is 9.10. The van der Waals surface area contributed by atoms with E-state index in [0.29, 0.717) is 5.92 Å². The topological polar surface area (TPSA) is 3.24 Å². The number of benzene rings is 2. The van der Waals surface area contributed by atoms with E-state index in [1.807, 2.05) is 0 Å². The van der Waals surface area contributed by atoms with E-state index in [-0.39, 0.29) is 12.4 Å². The van der Waals surface area contributed by atoms with Crippen molar-refractivity contribution in [2.75, 3.05) is 19.6 Å². The van der Waals surface area contributed by atoms with Gasteiger partial charge in [-0.1, -0.05) is 67.9 Å². The quantitative estimate of drug-likeness (QED) is 0.674. The third-order valence-electron chi connectivity index (χ3n) is 4.91. The molecule has 23 heavy (non-hydrogen) atoms. The monoisotopic (exact) mass is 329 g/mol. The van der Waals surface area contributed by atoms with Gasteiger partial charge in [0.25, 0.3) is 0 Å². The Hall–Kier alpha value is -1.31. The van der Waals surface area contributed by atoms with Gasteiger partial charge in [-0.25, -0.2) is 0 Å². The van der Waals surface area contributed by atoms with Crippen LogP contribution in [0.4, 0.5) is 0 Å². The van der Waals surface area contributed by atoms with Crippen LogP contribution < -0.4 is 0 Å². The Kier molecular flexibility index (Phi) is 7.14. The molecule has 1 aliphatic rings. The molecular weight excluding hydrogens is 302 g/mol. The largest absolute Gasteiger partial charge is 0.303 e. The minimum atomic E-state index is 0. The second-order valence-electron chi connectivity index (χ2n) is 6.58. The Morgan fingerprint density at radius 2 is 1.43 bits per heavy atom. The third kappa shape index (κ3) is 5.09. The smallest absolute Gasteiger partial charge is 0.00130 e. The van der Waals surface area contributed by atoms with Gasteiger partial charge in [-0.15, -0.1) is 12.4 Å². The van der Waals surface area contributed by atoms with Crippen molar-refractivity contribution < 1.29 is 0 Å². The standard InChI is InChI=1S/C21H27N.ClH/c1-18(14-17-22-15-6-3-7-16-22)19-10-12-21(13-11-19)20-8-4-2-5-9-20;/h2,4-5,8-13,18H,3,6-7,14-17H2,1H3;1H. The number of hydrogen-bond donors (Lipinski definition) is 0. The molecule has 2 heteroatoms. The number of halogens is 1. The summed E-state index contributed by atoms with van der Waals surface area (Å²) in [6.45, 7) is 6.22. The molecule has 0 aliphatic carbocycles. The van der Waals surface area contributed by atoms with E-state index in [1.54, 1.807) is 0 Å². The summed E-state index contributed by atoms with van der Waals surface area (Å²) in [5.41, 5.74) is 4.08. The molecule has 1 saturated heterocycles. The average molecular weight is 330 g/mol. The van der Waals surface area contributed by atoms with E-state index in [4.69, 9.17) is 0 Å². The molecule has 1 nitrogen and oxygen atoms in total. The van der Waals surface area contributed by atoms with Gasteiger partial charge in [0.1, 0.15) is 0 Å². The van der Waals surface area contributed by atoms with Crippen LogP contribution in [0.5, 0.6) is 0 Å².